The fourth-order valence-corrected chi connectivity index (χ4v) is 2.68. The Hall–Kier alpha value is -2.89. The third kappa shape index (κ3) is 12.3. The van der Waals surface area contributed by atoms with Gasteiger partial charge in [-0.2, -0.15) is 26.3 Å². The maximum Gasteiger partial charge on any atom is 0.455 e. The van der Waals surface area contributed by atoms with Gasteiger partial charge in [0, 0.05) is 11.1 Å². The molecule has 204 valence electrons. The molecular weight excluding hydrogens is 499 g/mol. The predicted molar refractivity (Wildman–Crippen MR) is 134 cm³/mol. The summed E-state index contributed by atoms with van der Waals surface area (Å²) in [5, 5.41) is 16.4. The van der Waals surface area contributed by atoms with Crippen LogP contribution in [0.5, 0.6) is 0 Å². The SMILES string of the molecule is C/C=C\CB(O)O.C=C[C@@H](C)[C@](C)(N)c1ccc(C(F)(F)F)cc1.CC(=O)c1ccc(C(F)(F)F)cc1. The van der Waals surface area contributed by atoms with Gasteiger partial charge in [-0.25, -0.2) is 0 Å². The molecule has 0 aromatic heterocycles. The van der Waals surface area contributed by atoms with Crippen molar-refractivity contribution in [3.63, 3.8) is 0 Å². The summed E-state index contributed by atoms with van der Waals surface area (Å²) >= 11 is 0. The van der Waals surface area contributed by atoms with Gasteiger partial charge in [0.1, 0.15) is 0 Å². The van der Waals surface area contributed by atoms with Crippen LogP contribution >= 0.6 is 0 Å². The molecule has 0 aliphatic carbocycles. The Balaban J connectivity index is 0.000000573. The number of carbonyl (C=O) groups is 1. The second kappa shape index (κ2) is 14.8. The molecule has 0 heterocycles. The molecule has 0 aliphatic heterocycles. The number of nitrogens with two attached hydrogens (primary N) is 1. The Labute approximate surface area is 213 Å². The third-order valence-electron chi connectivity index (χ3n) is 5.34. The van der Waals surface area contributed by atoms with Gasteiger partial charge in [-0.1, -0.05) is 49.4 Å². The summed E-state index contributed by atoms with van der Waals surface area (Å²) in [7, 11) is -1.18. The monoisotopic (exact) mass is 531 g/mol. The fourth-order valence-electron chi connectivity index (χ4n) is 2.68. The van der Waals surface area contributed by atoms with E-state index in [2.05, 4.69) is 6.58 Å². The van der Waals surface area contributed by atoms with Crippen LogP contribution in [0.1, 0.15) is 54.7 Å². The van der Waals surface area contributed by atoms with Crippen molar-refractivity contribution in [1.82, 2.24) is 0 Å². The Morgan fingerprint density at radius 1 is 0.946 bits per heavy atom. The number of ketones is 1. The van der Waals surface area contributed by atoms with Gasteiger partial charge in [0.25, 0.3) is 0 Å². The first-order valence-electron chi connectivity index (χ1n) is 11.1. The molecule has 2 aromatic rings. The molecule has 0 amide bonds. The van der Waals surface area contributed by atoms with Crippen molar-refractivity contribution in [1.29, 1.82) is 0 Å². The highest BCUT2D eigenvalue weighted by Gasteiger charge is 2.32. The van der Waals surface area contributed by atoms with E-state index in [9.17, 15) is 31.1 Å². The number of allylic oxidation sites excluding steroid dienone is 2. The van der Waals surface area contributed by atoms with Gasteiger partial charge in [0.15, 0.2) is 5.78 Å². The highest BCUT2D eigenvalue weighted by molar-refractivity contribution is 6.41. The number of hydrogen-bond acceptors (Lipinski definition) is 4. The minimum absolute atomic E-state index is 0.0285. The minimum atomic E-state index is -4.34. The van der Waals surface area contributed by atoms with Crippen molar-refractivity contribution in [2.75, 3.05) is 0 Å². The number of halogens is 6. The van der Waals surface area contributed by atoms with E-state index >= 15 is 0 Å². The molecule has 2 aromatic carbocycles. The first kappa shape index (κ1) is 34.1. The lowest BCUT2D eigenvalue weighted by molar-refractivity contribution is -0.138. The standard InChI is InChI=1S/C13H16F3N.C9H7F3O.C4H9BO2/c1-4-9(2)12(3,17)10-5-7-11(8-6-10)13(14,15)16;1-6(13)7-2-4-8(5-3-7)9(10,11)12;1-2-3-4-5(6)7/h4-9H,1,17H2,2-3H3;2-5H,1H3;2-3,6-7H,4H2,1H3/b;;3-2-/t9-,12+;;/m1../s1. The van der Waals surface area contributed by atoms with E-state index in [-0.39, 0.29) is 17.3 Å². The molecule has 2 rings (SSSR count). The highest BCUT2D eigenvalue weighted by atomic mass is 19.4. The molecule has 11 heteroatoms. The zero-order chi connectivity index (χ0) is 29.0. The first-order valence-corrected chi connectivity index (χ1v) is 11.1. The van der Waals surface area contributed by atoms with Crippen LogP contribution < -0.4 is 5.73 Å². The number of rotatable bonds is 6. The van der Waals surface area contributed by atoms with E-state index < -0.39 is 36.1 Å². The highest BCUT2D eigenvalue weighted by Crippen LogP contribution is 2.32. The molecule has 0 saturated heterocycles. The average Bonchev–Trinajstić information content (AvgIpc) is 2.82. The largest absolute Gasteiger partial charge is 0.455 e. The Bertz CT molecular complexity index is 999. The van der Waals surface area contributed by atoms with E-state index in [1.807, 2.05) is 13.8 Å². The molecule has 0 radical (unpaired) electrons. The molecule has 0 bridgehead atoms. The molecule has 0 saturated carbocycles. The second-order valence-corrected chi connectivity index (χ2v) is 8.30. The summed E-state index contributed by atoms with van der Waals surface area (Å²) in [6.07, 6.45) is -3.15. The zero-order valence-corrected chi connectivity index (χ0v) is 21.1. The van der Waals surface area contributed by atoms with Crippen molar-refractivity contribution in [2.24, 2.45) is 11.7 Å². The first-order chi connectivity index (χ1) is 16.9. The van der Waals surface area contributed by atoms with E-state index in [4.69, 9.17) is 15.8 Å². The summed E-state index contributed by atoms with van der Waals surface area (Å²) in [5.74, 6) is -0.270. The zero-order valence-electron chi connectivity index (χ0n) is 21.1. The van der Waals surface area contributed by atoms with Crippen LogP contribution in [0.3, 0.4) is 0 Å². The molecular formula is C26H32BF6NO3. The van der Waals surface area contributed by atoms with Crippen LogP contribution in [0.15, 0.2) is 73.3 Å². The number of Topliss-reactive ketones (excluding diaryl/α,β-unsaturated/α-hetero) is 1. The van der Waals surface area contributed by atoms with Crippen molar-refractivity contribution < 1.29 is 41.2 Å². The lowest BCUT2D eigenvalue weighted by Gasteiger charge is -2.30. The summed E-state index contributed by atoms with van der Waals surface area (Å²) in [4.78, 5) is 10.7. The minimum Gasteiger partial charge on any atom is -0.427 e. The Morgan fingerprint density at radius 3 is 1.59 bits per heavy atom. The van der Waals surface area contributed by atoms with Crippen molar-refractivity contribution in [2.45, 2.75) is 51.9 Å². The maximum absolute atomic E-state index is 12.4. The van der Waals surface area contributed by atoms with Crippen LogP contribution in [0.25, 0.3) is 0 Å². The molecule has 0 unspecified atom stereocenters. The lowest BCUT2D eigenvalue weighted by atomic mass is 9.81. The molecule has 2 atom stereocenters. The van der Waals surface area contributed by atoms with Crippen LogP contribution in [-0.4, -0.2) is 22.9 Å². The van der Waals surface area contributed by atoms with Crippen LogP contribution in [0.4, 0.5) is 26.3 Å². The van der Waals surface area contributed by atoms with Gasteiger partial charge in [-0.15, -0.1) is 6.58 Å². The van der Waals surface area contributed by atoms with Crippen molar-refractivity contribution in [3.8, 4) is 0 Å². The molecule has 0 aliphatic rings. The molecule has 0 spiro atoms. The number of hydrogen-bond donors (Lipinski definition) is 3. The van der Waals surface area contributed by atoms with E-state index in [1.54, 1.807) is 25.2 Å². The van der Waals surface area contributed by atoms with Gasteiger partial charge in [0.05, 0.1) is 11.1 Å². The second-order valence-electron chi connectivity index (χ2n) is 8.30. The summed E-state index contributed by atoms with van der Waals surface area (Å²) in [6, 6.07) is 9.09. The predicted octanol–water partition coefficient (Wildman–Crippen LogP) is 6.64. The number of benzene rings is 2. The van der Waals surface area contributed by atoms with Gasteiger partial charge < -0.3 is 15.8 Å². The van der Waals surface area contributed by atoms with Gasteiger partial charge in [-0.05, 0) is 62.8 Å². The van der Waals surface area contributed by atoms with Crippen LogP contribution in [-0.2, 0) is 17.9 Å². The van der Waals surface area contributed by atoms with E-state index in [0.717, 1.165) is 24.3 Å². The van der Waals surface area contributed by atoms with Crippen molar-refractivity contribution >= 4 is 12.9 Å². The summed E-state index contributed by atoms with van der Waals surface area (Å²) in [6.45, 7) is 10.5. The average molecular weight is 531 g/mol. The van der Waals surface area contributed by atoms with Gasteiger partial charge in [0.2, 0.25) is 0 Å². The molecule has 37 heavy (non-hydrogen) atoms. The summed E-state index contributed by atoms with van der Waals surface area (Å²) in [5.41, 5.74) is 4.93. The van der Waals surface area contributed by atoms with Gasteiger partial charge in [-0.3, -0.25) is 4.79 Å². The smallest absolute Gasteiger partial charge is 0.427 e. The molecule has 4 N–H and O–H groups in total. The topological polar surface area (TPSA) is 83.6 Å². The Kier molecular flexibility index (Phi) is 13.6. The molecule has 4 nitrogen and oxygen atoms in total. The van der Waals surface area contributed by atoms with Crippen LogP contribution in [0.2, 0.25) is 6.32 Å². The number of alkyl halides is 6. The lowest BCUT2D eigenvalue weighted by Crippen LogP contribution is -2.39. The van der Waals surface area contributed by atoms with Crippen molar-refractivity contribution in [3.05, 3.63) is 95.6 Å². The third-order valence-corrected chi connectivity index (χ3v) is 5.34. The van der Waals surface area contributed by atoms with Crippen LogP contribution in [0, 0.1) is 5.92 Å². The van der Waals surface area contributed by atoms with E-state index in [1.165, 1.54) is 31.2 Å². The van der Waals surface area contributed by atoms with E-state index in [0.29, 0.717) is 11.9 Å². The quantitative estimate of drug-likeness (QED) is 0.169. The fraction of sp³-hybridized carbons (Fsp3) is 0.346. The molecule has 0 fully saturated rings. The maximum atomic E-state index is 12.4. The van der Waals surface area contributed by atoms with Gasteiger partial charge >= 0.3 is 19.5 Å². The Morgan fingerprint density at radius 2 is 1.32 bits per heavy atom. The summed E-state index contributed by atoms with van der Waals surface area (Å²) < 4.78 is 73.3. The number of carbonyl (C=O) groups excluding carboxylic acids is 1. The normalized spacial score (nSPS) is 13.9.